The molecule has 4 rings (SSSR count). The van der Waals surface area contributed by atoms with Crippen molar-refractivity contribution in [2.45, 2.75) is 23.8 Å². The van der Waals surface area contributed by atoms with E-state index in [1.807, 2.05) is 11.0 Å². The van der Waals surface area contributed by atoms with E-state index in [4.69, 9.17) is 4.74 Å². The number of benzene rings is 1. The topological polar surface area (TPSA) is 101 Å². The van der Waals surface area contributed by atoms with Gasteiger partial charge in [-0.1, -0.05) is 12.1 Å². The smallest absolute Gasteiger partial charge is 0.337 e. The van der Waals surface area contributed by atoms with Gasteiger partial charge in [0, 0.05) is 42.0 Å². The van der Waals surface area contributed by atoms with Crippen LogP contribution in [0, 0.1) is 0 Å². The minimum Gasteiger partial charge on any atom is -0.465 e. The first kappa shape index (κ1) is 25.6. The molecule has 8 nitrogen and oxygen atoms in total. The lowest BCUT2D eigenvalue weighted by Gasteiger charge is -2.31. The number of aromatic nitrogens is 2. The second kappa shape index (κ2) is 12.0. The number of piperidine rings is 1. The molecule has 0 saturated carbocycles. The van der Waals surface area contributed by atoms with Gasteiger partial charge in [0.15, 0.2) is 0 Å². The van der Waals surface area contributed by atoms with Crippen LogP contribution in [0.2, 0.25) is 0 Å². The van der Waals surface area contributed by atoms with Crippen LogP contribution >= 0.6 is 23.1 Å². The number of methoxy groups -OCH3 is 1. The predicted molar refractivity (Wildman–Crippen MR) is 141 cm³/mol. The summed E-state index contributed by atoms with van der Waals surface area (Å²) in [5.74, 6) is 0.0550. The molecule has 0 aliphatic carbocycles. The fraction of sp³-hybridized carbons (Fsp3) is 0.269. The van der Waals surface area contributed by atoms with Crippen molar-refractivity contribution >= 4 is 46.6 Å². The first-order valence-electron chi connectivity index (χ1n) is 11.4. The van der Waals surface area contributed by atoms with E-state index in [0.717, 1.165) is 22.9 Å². The monoisotopic (exact) mass is 522 g/mol. The number of ether oxygens (including phenoxy) is 1. The molecule has 1 aromatic carbocycles. The van der Waals surface area contributed by atoms with Gasteiger partial charge in [-0.15, -0.1) is 29.7 Å². The lowest BCUT2D eigenvalue weighted by Crippen LogP contribution is -2.38. The highest BCUT2D eigenvalue weighted by Crippen LogP contribution is 2.32. The van der Waals surface area contributed by atoms with Gasteiger partial charge in [-0.2, -0.15) is 0 Å². The van der Waals surface area contributed by atoms with Crippen molar-refractivity contribution in [3.63, 3.8) is 0 Å². The van der Waals surface area contributed by atoms with Crippen molar-refractivity contribution < 1.29 is 19.1 Å². The number of hydrogen-bond acceptors (Lipinski definition) is 8. The van der Waals surface area contributed by atoms with E-state index in [-0.39, 0.29) is 17.7 Å². The zero-order chi connectivity index (χ0) is 25.5. The fourth-order valence-corrected chi connectivity index (χ4v) is 5.62. The molecule has 0 radical (unpaired) electrons. The molecule has 1 aliphatic heterocycles. The Bertz CT molecular complexity index is 1270. The summed E-state index contributed by atoms with van der Waals surface area (Å²) in [7, 11) is 1.31. The van der Waals surface area contributed by atoms with Crippen molar-refractivity contribution in [1.29, 1.82) is 0 Å². The minimum atomic E-state index is -0.470. The molecule has 1 fully saturated rings. The SMILES string of the molecule is C=CCSc1ncccc1C(=O)N1CCC(c2nc(C(=O)Nc3cccc(C(=O)OC)c3)cs2)CC1. The van der Waals surface area contributed by atoms with Crippen molar-refractivity contribution in [3.05, 3.63) is 82.5 Å². The van der Waals surface area contributed by atoms with Crippen molar-refractivity contribution in [2.24, 2.45) is 0 Å². The van der Waals surface area contributed by atoms with E-state index in [1.54, 1.807) is 48.0 Å². The molecule has 1 aliphatic rings. The van der Waals surface area contributed by atoms with Gasteiger partial charge in [0.2, 0.25) is 0 Å². The molecule has 2 aromatic heterocycles. The second-order valence-corrected chi connectivity index (χ2v) is 10.0. The van der Waals surface area contributed by atoms with E-state index in [0.29, 0.717) is 41.4 Å². The number of rotatable bonds is 8. The van der Waals surface area contributed by atoms with Gasteiger partial charge < -0.3 is 15.0 Å². The molecule has 36 heavy (non-hydrogen) atoms. The van der Waals surface area contributed by atoms with Crippen molar-refractivity contribution in [1.82, 2.24) is 14.9 Å². The normalized spacial score (nSPS) is 13.8. The van der Waals surface area contributed by atoms with Crippen LogP contribution in [0.1, 0.15) is 55.0 Å². The summed E-state index contributed by atoms with van der Waals surface area (Å²) in [6.45, 7) is 4.97. The second-order valence-electron chi connectivity index (χ2n) is 8.12. The van der Waals surface area contributed by atoms with Gasteiger partial charge in [0.1, 0.15) is 10.7 Å². The maximum absolute atomic E-state index is 13.1. The summed E-state index contributed by atoms with van der Waals surface area (Å²) in [6, 6.07) is 10.2. The Balaban J connectivity index is 1.36. The number of nitrogens with one attached hydrogen (secondary N) is 1. The third kappa shape index (κ3) is 6.00. The zero-order valence-electron chi connectivity index (χ0n) is 19.8. The summed E-state index contributed by atoms with van der Waals surface area (Å²) in [4.78, 5) is 48.4. The summed E-state index contributed by atoms with van der Waals surface area (Å²) in [5, 5.41) is 6.13. The molecule has 2 amide bonds. The fourth-order valence-electron chi connectivity index (χ4n) is 3.92. The number of carbonyl (C=O) groups is 3. The van der Waals surface area contributed by atoms with Gasteiger partial charge in [0.25, 0.3) is 11.8 Å². The summed E-state index contributed by atoms with van der Waals surface area (Å²) in [5.41, 5.74) is 1.79. The number of anilines is 1. The standard InChI is InChI=1S/C26H26N4O4S2/c1-3-14-35-24-20(8-5-11-27-24)25(32)30-12-9-17(10-13-30)23-29-21(16-36-23)22(31)28-19-7-4-6-18(15-19)26(33)34-2/h3-8,11,15-17H,1,9-10,12-14H2,2H3,(H,28,31). The Labute approximate surface area is 217 Å². The molecular weight excluding hydrogens is 496 g/mol. The van der Waals surface area contributed by atoms with Gasteiger partial charge in [0.05, 0.1) is 23.2 Å². The molecular formula is C26H26N4O4S2. The highest BCUT2D eigenvalue weighted by molar-refractivity contribution is 7.99. The third-order valence-electron chi connectivity index (χ3n) is 5.77. The molecule has 0 spiro atoms. The number of thiazole rings is 1. The van der Waals surface area contributed by atoms with Crippen LogP contribution in [0.15, 0.2) is 65.7 Å². The van der Waals surface area contributed by atoms with E-state index >= 15 is 0 Å². The van der Waals surface area contributed by atoms with Crippen LogP contribution in [-0.4, -0.2) is 58.6 Å². The van der Waals surface area contributed by atoms with Crippen molar-refractivity contribution in [2.75, 3.05) is 31.3 Å². The Morgan fingerprint density at radius 3 is 2.81 bits per heavy atom. The predicted octanol–water partition coefficient (Wildman–Crippen LogP) is 4.87. The molecule has 1 saturated heterocycles. The van der Waals surface area contributed by atoms with E-state index < -0.39 is 5.97 Å². The molecule has 1 N–H and O–H groups in total. The van der Waals surface area contributed by atoms with Crippen LogP contribution in [0.5, 0.6) is 0 Å². The Kier molecular flexibility index (Phi) is 8.50. The molecule has 0 unspecified atom stereocenters. The highest BCUT2D eigenvalue weighted by Gasteiger charge is 2.28. The van der Waals surface area contributed by atoms with E-state index in [2.05, 4.69) is 21.9 Å². The Morgan fingerprint density at radius 1 is 1.25 bits per heavy atom. The van der Waals surface area contributed by atoms with Crippen LogP contribution in [-0.2, 0) is 4.74 Å². The molecule has 0 atom stereocenters. The molecule has 3 aromatic rings. The van der Waals surface area contributed by atoms with E-state index in [9.17, 15) is 14.4 Å². The number of likely N-dealkylation sites (tertiary alicyclic amines) is 1. The number of amides is 2. The van der Waals surface area contributed by atoms with Crippen LogP contribution in [0.25, 0.3) is 0 Å². The minimum absolute atomic E-state index is 0.0125. The first-order chi connectivity index (χ1) is 17.5. The molecule has 0 bridgehead atoms. The molecule has 3 heterocycles. The van der Waals surface area contributed by atoms with Crippen molar-refractivity contribution in [3.8, 4) is 0 Å². The largest absolute Gasteiger partial charge is 0.465 e. The van der Waals surface area contributed by atoms with Gasteiger partial charge >= 0.3 is 5.97 Å². The van der Waals surface area contributed by atoms with Crippen LogP contribution in [0.4, 0.5) is 5.69 Å². The van der Waals surface area contributed by atoms with Gasteiger partial charge in [-0.25, -0.2) is 14.8 Å². The third-order valence-corrected chi connectivity index (χ3v) is 7.78. The maximum atomic E-state index is 13.1. The number of hydrogen-bond donors (Lipinski definition) is 1. The van der Waals surface area contributed by atoms with Gasteiger partial charge in [-0.3, -0.25) is 9.59 Å². The maximum Gasteiger partial charge on any atom is 0.337 e. The lowest BCUT2D eigenvalue weighted by atomic mass is 9.97. The summed E-state index contributed by atoms with van der Waals surface area (Å²) < 4.78 is 4.73. The number of thioether (sulfide) groups is 1. The molecule has 10 heteroatoms. The first-order valence-corrected chi connectivity index (χ1v) is 13.3. The Hall–Kier alpha value is -3.50. The Morgan fingerprint density at radius 2 is 2.06 bits per heavy atom. The zero-order valence-corrected chi connectivity index (χ0v) is 21.4. The average molecular weight is 523 g/mol. The number of pyridine rings is 1. The van der Waals surface area contributed by atoms with E-state index in [1.165, 1.54) is 30.2 Å². The van der Waals surface area contributed by atoms with Gasteiger partial charge in [-0.05, 0) is 43.2 Å². The van der Waals surface area contributed by atoms with Crippen LogP contribution in [0.3, 0.4) is 0 Å². The summed E-state index contributed by atoms with van der Waals surface area (Å²) in [6.07, 6.45) is 5.04. The van der Waals surface area contributed by atoms with Crippen LogP contribution < -0.4 is 5.32 Å². The summed E-state index contributed by atoms with van der Waals surface area (Å²) >= 11 is 2.95. The number of carbonyl (C=O) groups excluding carboxylic acids is 3. The number of esters is 1. The highest BCUT2D eigenvalue weighted by atomic mass is 32.2. The average Bonchev–Trinajstić information content (AvgIpc) is 3.42. The number of nitrogens with zero attached hydrogens (tertiary/aromatic N) is 3. The quantitative estimate of drug-likeness (QED) is 0.256. The lowest BCUT2D eigenvalue weighted by molar-refractivity contribution is 0.0600. The molecule has 186 valence electrons.